The summed E-state index contributed by atoms with van der Waals surface area (Å²) in [7, 11) is 3.31. The fraction of sp³-hybridized carbons (Fsp3) is 0.352. The van der Waals surface area contributed by atoms with Crippen LogP contribution < -0.4 is 43.3 Å². The van der Waals surface area contributed by atoms with Gasteiger partial charge in [0.05, 0.1) is 46.9 Å². The number of thiocarbonyl (C=S) groups is 4. The molecule has 21 rings (SSSR count). The Kier molecular flexibility index (Phi) is 29.9. The smallest absolute Gasteiger partial charge is 0.323 e. The molecule has 8 aromatic rings. The predicted octanol–water partition coefficient (Wildman–Crippen LogP) is 22.3. The van der Waals surface area contributed by atoms with Crippen LogP contribution in [0.5, 0.6) is 28.7 Å². The number of aliphatic carboxylic acids is 4. The summed E-state index contributed by atoms with van der Waals surface area (Å²) in [5.74, 6) is 0.315. The van der Waals surface area contributed by atoms with Gasteiger partial charge in [-0.3, -0.25) is 58.0 Å². The summed E-state index contributed by atoms with van der Waals surface area (Å²) < 4.78 is 29.3. The lowest BCUT2D eigenvalue weighted by atomic mass is 9.82. The van der Waals surface area contributed by atoms with E-state index in [4.69, 9.17) is 93.0 Å². The third-order valence-corrected chi connectivity index (χ3v) is 33.1. The highest BCUT2D eigenvalue weighted by atomic mass is 32.2. The molecule has 25 nitrogen and oxygen atoms in total. The summed E-state index contributed by atoms with van der Waals surface area (Å²) in [6, 6.07) is 58.2. The van der Waals surface area contributed by atoms with Gasteiger partial charge in [-0.2, -0.15) is 0 Å². The maximum atomic E-state index is 12.8. The van der Waals surface area contributed by atoms with Crippen LogP contribution in [0.4, 0.5) is 45.5 Å². The number of benzene rings is 8. The molecule has 4 aliphatic carbocycles. The number of carbonyl (C=O) groups excluding carboxylic acids is 4. The number of hydrogen-bond donors (Lipinski definition) is 4. The Labute approximate surface area is 839 Å². The van der Waals surface area contributed by atoms with Crippen molar-refractivity contribution in [2.45, 2.75) is 183 Å². The Hall–Kier alpha value is -11.6. The molecule has 0 radical (unpaired) electrons. The summed E-state index contributed by atoms with van der Waals surface area (Å²) in [5.41, 5.74) is 18.3. The molecule has 4 saturated heterocycles. The summed E-state index contributed by atoms with van der Waals surface area (Å²) >= 11 is 25.7. The van der Waals surface area contributed by atoms with Crippen molar-refractivity contribution in [1.29, 1.82) is 0 Å². The van der Waals surface area contributed by atoms with E-state index in [9.17, 15) is 38.4 Å². The molecule has 33 heteroatoms. The van der Waals surface area contributed by atoms with E-state index in [-0.39, 0.29) is 56.3 Å². The summed E-state index contributed by atoms with van der Waals surface area (Å²) in [6.07, 6.45) is 29.9. The first-order valence-electron chi connectivity index (χ1n) is 46.9. The minimum absolute atomic E-state index is 0.108. The molecule has 8 fully saturated rings. The van der Waals surface area contributed by atoms with Crippen LogP contribution in [0, 0.1) is 0 Å². The zero-order valence-electron chi connectivity index (χ0n) is 76.3. The number of para-hydroxylation sites is 1. The summed E-state index contributed by atoms with van der Waals surface area (Å²) in [5, 5.41) is 36.1. The van der Waals surface area contributed by atoms with Crippen molar-refractivity contribution < 1.29 is 82.5 Å². The van der Waals surface area contributed by atoms with Crippen LogP contribution in [0.2, 0.25) is 0 Å². The molecule has 0 aromatic heterocycles. The molecule has 8 atom stereocenters. The van der Waals surface area contributed by atoms with E-state index in [1.165, 1.54) is 138 Å². The van der Waals surface area contributed by atoms with Crippen LogP contribution in [-0.4, -0.2) is 183 Å². The molecule has 8 aromatic carbocycles. The Morgan fingerprint density at radius 1 is 0.377 bits per heavy atom. The number of hydrogen-bond acceptors (Lipinski definition) is 25. The highest BCUT2D eigenvalue weighted by Crippen LogP contribution is 2.59. The quantitative estimate of drug-likeness (QED) is 0.0211. The van der Waals surface area contributed by atoms with Crippen LogP contribution in [0.1, 0.15) is 204 Å². The number of fused-ring (bicyclic) bond motifs is 13. The molecule has 8 unspecified atom stereocenters. The number of methoxy groups -OCH3 is 2. The van der Waals surface area contributed by atoms with Gasteiger partial charge in [0.1, 0.15) is 54.2 Å². The van der Waals surface area contributed by atoms with Gasteiger partial charge < -0.3 is 63.7 Å². The highest BCUT2D eigenvalue weighted by molar-refractivity contribution is 8.28. The molecule has 714 valence electrons. The van der Waals surface area contributed by atoms with Crippen molar-refractivity contribution in [1.82, 2.24) is 19.6 Å². The number of thioether (sulfide) groups is 4. The van der Waals surface area contributed by atoms with Crippen LogP contribution in [0.3, 0.4) is 0 Å². The third kappa shape index (κ3) is 20.5. The number of unbranched alkanes of at least 4 members (excludes halogenated alkanes) is 5. The van der Waals surface area contributed by atoms with Gasteiger partial charge in [-0.1, -0.05) is 210 Å². The topological polar surface area (TPSA) is 290 Å². The van der Waals surface area contributed by atoms with Crippen LogP contribution in [0.25, 0.3) is 24.3 Å². The first kappa shape index (κ1) is 96.7. The van der Waals surface area contributed by atoms with Gasteiger partial charge >= 0.3 is 23.9 Å². The lowest BCUT2D eigenvalue weighted by molar-refractivity contribution is -0.140. The molecule has 13 aliphatic rings. The zero-order valence-corrected chi connectivity index (χ0v) is 82.9. The normalized spacial score (nSPS) is 22.7. The van der Waals surface area contributed by atoms with Gasteiger partial charge in [-0.25, -0.2) is 0 Å². The zero-order chi connectivity index (χ0) is 96.3. The molecule has 9 aliphatic heterocycles. The van der Waals surface area contributed by atoms with E-state index in [0.717, 1.165) is 176 Å². The molecule has 138 heavy (non-hydrogen) atoms. The van der Waals surface area contributed by atoms with Crippen molar-refractivity contribution >= 4 is 231 Å². The minimum Gasteiger partial charge on any atom is -0.497 e. The first-order chi connectivity index (χ1) is 66.9. The number of ether oxygens (including phenoxy) is 5. The number of anilines is 8. The second kappa shape index (κ2) is 42.6. The van der Waals surface area contributed by atoms with Gasteiger partial charge in [0.15, 0.2) is 11.5 Å². The molecule has 4 amide bonds. The van der Waals surface area contributed by atoms with E-state index >= 15 is 0 Å². The van der Waals surface area contributed by atoms with Crippen LogP contribution in [0.15, 0.2) is 183 Å². The van der Waals surface area contributed by atoms with Crippen molar-refractivity contribution in [3.05, 3.63) is 228 Å². The Morgan fingerprint density at radius 2 is 0.739 bits per heavy atom. The fourth-order valence-corrected chi connectivity index (χ4v) is 26.6. The number of carbonyl (C=O) groups is 8. The van der Waals surface area contributed by atoms with E-state index in [1.807, 2.05) is 66.8 Å². The third-order valence-electron chi connectivity index (χ3n) is 27.6. The number of amides is 4. The molecule has 4 saturated carbocycles. The monoisotopic (exact) mass is 2000 g/mol. The Balaban J connectivity index is 0.000000122. The molecule has 9 heterocycles. The highest BCUT2D eigenvalue weighted by Gasteiger charge is 2.48. The van der Waals surface area contributed by atoms with Crippen molar-refractivity contribution in [2.75, 3.05) is 73.4 Å². The minimum atomic E-state index is -1.09. The SMILES string of the molecule is CCCCCCCCOc1ccc(N2c3ccc(/C=C4\SC(=S)N(CC(=O)O)C4=O)cc3C3CCCC32)cc1.COc1cc(OC)cc(N2c3ccc(/C=C4\SC(=S)N(CC(=O)O)C4=O)cc3C3CCCC32)c1.O=C(O)CCN1C(=O)/C(=C/c2ccc3c(c2)C2CCCCC2N3c2ccccc2)SC1=S.O=C(O)CN1C(=O)/C(=C/c2ccc3c(c2)C2CCCC2N3c2ccc3c(c2)OCO3)SC1=S. The lowest BCUT2D eigenvalue weighted by Crippen LogP contribution is -2.33. The van der Waals surface area contributed by atoms with Crippen molar-refractivity contribution in [3.63, 3.8) is 0 Å². The van der Waals surface area contributed by atoms with Gasteiger partial charge in [0, 0.05) is 124 Å². The van der Waals surface area contributed by atoms with Crippen LogP contribution >= 0.6 is 95.9 Å². The van der Waals surface area contributed by atoms with E-state index < -0.39 is 43.5 Å². The predicted molar refractivity (Wildman–Crippen MR) is 559 cm³/mol. The van der Waals surface area contributed by atoms with Crippen LogP contribution in [-0.2, 0) is 38.4 Å². The van der Waals surface area contributed by atoms with E-state index in [0.29, 0.717) is 71.8 Å². The van der Waals surface area contributed by atoms with Gasteiger partial charge in [0.2, 0.25) is 6.79 Å². The average molecular weight is 2010 g/mol. The van der Waals surface area contributed by atoms with Crippen molar-refractivity contribution in [3.8, 4) is 28.7 Å². The van der Waals surface area contributed by atoms with E-state index in [2.05, 4.69) is 148 Å². The maximum absolute atomic E-state index is 12.8. The first-order valence-corrected chi connectivity index (χ1v) is 51.8. The van der Waals surface area contributed by atoms with Gasteiger partial charge in [0.25, 0.3) is 23.6 Å². The van der Waals surface area contributed by atoms with E-state index in [1.54, 1.807) is 14.2 Å². The molecular formula is C105H104N8O17S8. The standard InChI is InChI=1S/C31H36N2O4S2.C25H24N2O5S2.C25H24N2O3S2.C24H20N2O5S2/c1-2-3-4-5-6-7-17-37-23-14-12-22(13-15-23)33-26-10-8-9-24(26)25-18-21(11-16-27(25)33)19-28-30(36)32(20-29(34)35)31(38)39-28;1-31-16-10-15(11-17(12-16)32-2)27-20-5-3-4-18(20)19-8-14(6-7-21(19)27)9-22-24(30)26(13-23(28)29)25(33)34-22;28-23(29)12-13-26-24(30)22(32-25(26)31)15-16-10-11-21-19(14-16)18-8-4-5-9-20(18)27(21)17-6-2-1-3-7-17;27-22(28)11-25-23(29)21(33-24(25)32)9-13-4-6-18-16(8-13)15-2-1-3-17(15)26(18)14-5-7-19-20(10-14)31-12-30-19/h11-16,18-19,24,26H,2-10,17,20H2,1H3,(H,34,35);6-12,18,20H,3-5,13H2,1-2H3,(H,28,29);1-3,6-7,10-11,14-15,18,20H,4-5,8-9,12-13H2,(H,28,29);4-10,15,17H,1-3,11-12H2,(H,27,28)/b28-19-;22-9-;22-15-;21-9-. The Bertz CT molecular complexity index is 6330. The number of nitrogens with zero attached hydrogens (tertiary/aromatic N) is 8. The lowest BCUT2D eigenvalue weighted by Gasteiger charge is -2.33. The average Bonchev–Trinajstić information content (AvgIpc) is 1.59. The van der Waals surface area contributed by atoms with Crippen molar-refractivity contribution in [2.24, 2.45) is 0 Å². The molecule has 0 bridgehead atoms. The molecule has 0 spiro atoms. The number of rotatable bonds is 27. The fourth-order valence-electron chi connectivity index (χ4n) is 21.5. The second-order valence-electron chi connectivity index (χ2n) is 36.0. The second-order valence-corrected chi connectivity index (χ2v) is 42.7. The largest absolute Gasteiger partial charge is 0.497 e. The number of carboxylic acids is 4. The molecular weight excluding hydrogens is 1900 g/mol. The maximum Gasteiger partial charge on any atom is 0.323 e. The van der Waals surface area contributed by atoms with Gasteiger partial charge in [-0.15, -0.1) is 0 Å². The molecule has 4 N–H and O–H groups in total. The summed E-state index contributed by atoms with van der Waals surface area (Å²) in [6.45, 7) is 2.12. The Morgan fingerprint density at radius 3 is 1.16 bits per heavy atom. The van der Waals surface area contributed by atoms with Gasteiger partial charge in [-0.05, 0) is 224 Å². The number of carboxylic acid groups (broad SMARTS) is 4. The summed E-state index contributed by atoms with van der Waals surface area (Å²) in [4.78, 5) is 111.